The fourth-order valence-electron chi connectivity index (χ4n) is 2.34. The summed E-state index contributed by atoms with van der Waals surface area (Å²) in [5.41, 5.74) is 0. The summed E-state index contributed by atoms with van der Waals surface area (Å²) in [5.74, 6) is 1.35. The molecule has 2 bridgehead atoms. The zero-order chi connectivity index (χ0) is 7.14. The highest BCUT2D eigenvalue weighted by Gasteiger charge is 2.47. The molecule has 0 aromatic carbocycles. The maximum absolute atomic E-state index is 10.3. The first-order valence-corrected chi connectivity index (χ1v) is 4.71. The smallest absolute Gasteiger partial charge is 0.107 e. The first-order chi connectivity index (χ1) is 4.83. The van der Waals surface area contributed by atoms with E-state index in [-0.39, 0.29) is 6.04 Å². The molecule has 0 heterocycles. The first kappa shape index (κ1) is 6.77. The second kappa shape index (κ2) is 2.29. The maximum Gasteiger partial charge on any atom is 0.107 e. The van der Waals surface area contributed by atoms with Crippen LogP contribution in [0.3, 0.4) is 0 Å². The number of halogens is 1. The number of rotatable bonds is 1. The molecule has 2 aliphatic rings. The Kier molecular flexibility index (Phi) is 1.55. The van der Waals surface area contributed by atoms with Crippen molar-refractivity contribution in [2.24, 2.45) is 17.0 Å². The molecule has 0 N–H and O–H groups in total. The molecule has 2 rings (SSSR count). The van der Waals surface area contributed by atoms with Crippen LogP contribution in [-0.2, 0) is 0 Å². The minimum atomic E-state index is 0.0822. The minimum Gasteiger partial charge on any atom is -0.150 e. The second-order valence-corrected chi connectivity index (χ2v) is 4.43. The van der Waals surface area contributed by atoms with Crippen LogP contribution in [0, 0.1) is 16.7 Å². The Morgan fingerprint density at radius 1 is 1.30 bits per heavy atom. The number of hydrogen-bond acceptors (Lipinski definition) is 2. The van der Waals surface area contributed by atoms with Crippen molar-refractivity contribution in [1.29, 1.82) is 0 Å². The third-order valence-electron chi connectivity index (χ3n) is 2.90. The molecular formula is C7H10BrNO. The van der Waals surface area contributed by atoms with Gasteiger partial charge in [0, 0.05) is 4.83 Å². The highest BCUT2D eigenvalue weighted by atomic mass is 79.9. The normalized spacial score (nSPS) is 51.7. The van der Waals surface area contributed by atoms with E-state index in [0.717, 1.165) is 5.92 Å². The molecule has 0 aromatic heterocycles. The lowest BCUT2D eigenvalue weighted by atomic mass is 9.96. The maximum atomic E-state index is 10.3. The van der Waals surface area contributed by atoms with E-state index >= 15 is 0 Å². The van der Waals surface area contributed by atoms with Gasteiger partial charge in [0.25, 0.3) is 0 Å². The van der Waals surface area contributed by atoms with E-state index in [1.165, 1.54) is 19.3 Å². The lowest BCUT2D eigenvalue weighted by molar-refractivity contribution is 0.433. The van der Waals surface area contributed by atoms with Gasteiger partial charge in [-0.3, -0.25) is 0 Å². The fraction of sp³-hybridized carbons (Fsp3) is 1.00. The number of alkyl halides is 1. The van der Waals surface area contributed by atoms with Crippen LogP contribution in [-0.4, -0.2) is 10.9 Å². The number of nitrogens with zero attached hydrogens (tertiary/aromatic N) is 1. The Bertz CT molecular complexity index is 160. The molecule has 4 atom stereocenters. The van der Waals surface area contributed by atoms with Crippen LogP contribution in [0.4, 0.5) is 0 Å². The quantitative estimate of drug-likeness (QED) is 0.476. The van der Waals surface area contributed by atoms with E-state index in [4.69, 9.17) is 0 Å². The minimum absolute atomic E-state index is 0.0822. The molecule has 0 aliphatic heterocycles. The molecule has 2 aliphatic carbocycles. The van der Waals surface area contributed by atoms with Crippen molar-refractivity contribution >= 4 is 15.9 Å². The Labute approximate surface area is 68.5 Å². The second-order valence-electron chi connectivity index (χ2n) is 3.37. The van der Waals surface area contributed by atoms with Crippen LogP contribution >= 0.6 is 15.9 Å². The first-order valence-electron chi connectivity index (χ1n) is 3.79. The average Bonchev–Trinajstić information content (AvgIpc) is 2.46. The number of nitroso groups, excluding NO2 is 1. The van der Waals surface area contributed by atoms with Crippen LogP contribution in [0.2, 0.25) is 0 Å². The third-order valence-corrected chi connectivity index (χ3v) is 4.18. The average molecular weight is 204 g/mol. The van der Waals surface area contributed by atoms with E-state index in [1.54, 1.807) is 0 Å². The monoisotopic (exact) mass is 203 g/mol. The lowest BCUT2D eigenvalue weighted by Crippen LogP contribution is -2.25. The summed E-state index contributed by atoms with van der Waals surface area (Å²) >= 11 is 3.53. The van der Waals surface area contributed by atoms with Crippen molar-refractivity contribution in [2.45, 2.75) is 30.1 Å². The molecule has 3 heteroatoms. The summed E-state index contributed by atoms with van der Waals surface area (Å²) in [6.45, 7) is 0. The molecule has 0 amide bonds. The highest BCUT2D eigenvalue weighted by Crippen LogP contribution is 2.49. The summed E-state index contributed by atoms with van der Waals surface area (Å²) in [7, 11) is 0. The van der Waals surface area contributed by atoms with Crippen molar-refractivity contribution in [1.82, 2.24) is 0 Å². The van der Waals surface area contributed by atoms with Gasteiger partial charge in [0.2, 0.25) is 0 Å². The van der Waals surface area contributed by atoms with Gasteiger partial charge in [0.1, 0.15) is 6.04 Å². The summed E-state index contributed by atoms with van der Waals surface area (Å²) in [4.78, 5) is 10.7. The van der Waals surface area contributed by atoms with E-state index in [1.807, 2.05) is 0 Å². The van der Waals surface area contributed by atoms with Gasteiger partial charge in [-0.15, -0.1) is 0 Å². The van der Waals surface area contributed by atoms with Crippen molar-refractivity contribution in [3.05, 3.63) is 4.91 Å². The number of hydrogen-bond donors (Lipinski definition) is 0. The van der Waals surface area contributed by atoms with Crippen molar-refractivity contribution < 1.29 is 0 Å². The van der Waals surface area contributed by atoms with E-state index in [2.05, 4.69) is 21.1 Å². The van der Waals surface area contributed by atoms with Crippen LogP contribution in [0.25, 0.3) is 0 Å². The predicted molar refractivity (Wildman–Crippen MR) is 43.1 cm³/mol. The molecule has 2 fully saturated rings. The molecule has 0 spiro atoms. The van der Waals surface area contributed by atoms with Crippen LogP contribution < -0.4 is 0 Å². The van der Waals surface area contributed by atoms with Gasteiger partial charge < -0.3 is 0 Å². The van der Waals surface area contributed by atoms with Crippen LogP contribution in [0.15, 0.2) is 5.18 Å². The molecule has 56 valence electrons. The Morgan fingerprint density at radius 2 is 2.00 bits per heavy atom. The van der Waals surface area contributed by atoms with Gasteiger partial charge in [-0.2, -0.15) is 4.91 Å². The number of fused-ring (bicyclic) bond motifs is 2. The lowest BCUT2D eigenvalue weighted by Gasteiger charge is -2.19. The molecule has 2 saturated carbocycles. The Balaban J connectivity index is 2.16. The summed E-state index contributed by atoms with van der Waals surface area (Å²) < 4.78 is 0. The van der Waals surface area contributed by atoms with E-state index < -0.39 is 0 Å². The molecule has 0 radical (unpaired) electrons. The van der Waals surface area contributed by atoms with Crippen molar-refractivity contribution in [3.8, 4) is 0 Å². The molecule has 0 saturated heterocycles. The Morgan fingerprint density at radius 3 is 2.40 bits per heavy atom. The predicted octanol–water partition coefficient (Wildman–Crippen LogP) is 2.31. The third kappa shape index (κ3) is 0.760. The Hall–Kier alpha value is 0.0800. The van der Waals surface area contributed by atoms with Gasteiger partial charge >= 0.3 is 0 Å². The van der Waals surface area contributed by atoms with Gasteiger partial charge in [-0.05, 0) is 31.1 Å². The zero-order valence-corrected chi connectivity index (χ0v) is 7.25. The van der Waals surface area contributed by atoms with Gasteiger partial charge in [-0.25, -0.2) is 0 Å². The standard InChI is InChI=1S/C7H10BrNO/c8-6-4-1-2-5(3-4)7(6)9-10/h4-7H,1-3H2/t4-,5+,6-,7+/m1/s1. The fourth-order valence-corrected chi connectivity index (χ4v) is 3.34. The highest BCUT2D eigenvalue weighted by molar-refractivity contribution is 9.09. The molecule has 2 nitrogen and oxygen atoms in total. The summed E-state index contributed by atoms with van der Waals surface area (Å²) in [5, 5.41) is 3.15. The summed E-state index contributed by atoms with van der Waals surface area (Å²) in [6.07, 6.45) is 3.75. The van der Waals surface area contributed by atoms with Crippen molar-refractivity contribution in [2.75, 3.05) is 0 Å². The molecule has 0 unspecified atom stereocenters. The van der Waals surface area contributed by atoms with Gasteiger partial charge in [0.15, 0.2) is 0 Å². The molecule has 10 heavy (non-hydrogen) atoms. The topological polar surface area (TPSA) is 29.4 Å². The van der Waals surface area contributed by atoms with Gasteiger partial charge in [-0.1, -0.05) is 21.1 Å². The zero-order valence-electron chi connectivity index (χ0n) is 5.66. The SMILES string of the molecule is O=N[C@H]1[C@H]2CC[C@H](C2)[C@H]1Br. The van der Waals surface area contributed by atoms with Crippen LogP contribution in [0.1, 0.15) is 19.3 Å². The van der Waals surface area contributed by atoms with Crippen molar-refractivity contribution in [3.63, 3.8) is 0 Å². The van der Waals surface area contributed by atoms with Crippen LogP contribution in [0.5, 0.6) is 0 Å². The largest absolute Gasteiger partial charge is 0.150 e. The van der Waals surface area contributed by atoms with Gasteiger partial charge in [0.05, 0.1) is 0 Å². The molecule has 0 aromatic rings. The van der Waals surface area contributed by atoms with E-state index in [0.29, 0.717) is 10.7 Å². The molecular weight excluding hydrogens is 194 g/mol. The van der Waals surface area contributed by atoms with E-state index in [9.17, 15) is 4.91 Å². The summed E-state index contributed by atoms with van der Waals surface area (Å²) in [6, 6.07) is 0.0822.